The molecule has 0 aliphatic carbocycles. The second kappa shape index (κ2) is 9.46. The lowest BCUT2D eigenvalue weighted by Crippen LogP contribution is -2.46. The van der Waals surface area contributed by atoms with E-state index in [2.05, 4.69) is 0 Å². The summed E-state index contributed by atoms with van der Waals surface area (Å²) in [4.78, 5) is 26.0. The molecule has 1 atom stereocenters. The van der Waals surface area contributed by atoms with Gasteiger partial charge in [-0.05, 0) is 42.0 Å². The minimum absolute atomic E-state index is 0.000264. The van der Waals surface area contributed by atoms with E-state index in [1.165, 1.54) is 29.2 Å². The first-order chi connectivity index (χ1) is 16.2. The number of hydrogen-bond acceptors (Lipinski definition) is 4. The smallest absolute Gasteiger partial charge is 0.416 e. The number of halogens is 3. The maximum atomic E-state index is 13.2. The first kappa shape index (κ1) is 23.2. The molecule has 6 nitrogen and oxygen atoms in total. The van der Waals surface area contributed by atoms with Crippen LogP contribution in [-0.4, -0.2) is 29.7 Å². The molecule has 1 N–H and O–H groups in total. The van der Waals surface area contributed by atoms with Crippen molar-refractivity contribution in [1.82, 2.24) is 0 Å². The van der Waals surface area contributed by atoms with Gasteiger partial charge < -0.3 is 19.5 Å². The summed E-state index contributed by atoms with van der Waals surface area (Å²) in [5, 5.41) is 9.27. The third-order valence-corrected chi connectivity index (χ3v) is 5.32. The molecule has 1 unspecified atom stereocenters. The molecule has 0 bridgehead atoms. The zero-order valence-corrected chi connectivity index (χ0v) is 17.8. The van der Waals surface area contributed by atoms with Crippen LogP contribution in [0.5, 0.6) is 11.5 Å². The molecule has 0 radical (unpaired) electrons. The lowest BCUT2D eigenvalue weighted by molar-refractivity contribution is -0.137. The van der Waals surface area contributed by atoms with E-state index in [9.17, 15) is 27.9 Å². The third kappa shape index (κ3) is 4.98. The fourth-order valence-electron chi connectivity index (χ4n) is 3.70. The zero-order chi connectivity index (χ0) is 24.3. The Morgan fingerprint density at radius 1 is 1.03 bits per heavy atom. The predicted molar refractivity (Wildman–Crippen MR) is 117 cm³/mol. The first-order valence-electron chi connectivity index (χ1n) is 10.4. The van der Waals surface area contributed by atoms with Crippen LogP contribution >= 0.6 is 0 Å². The number of anilines is 1. The van der Waals surface area contributed by atoms with E-state index in [4.69, 9.17) is 9.47 Å². The van der Waals surface area contributed by atoms with Crippen LogP contribution < -0.4 is 14.4 Å². The standard InChI is InChI=1S/C25H20F3NO5/c26-25(27,28)17-7-5-6-16(14-17)15-29-19-9-2-4-11-21(19)34-22(23(29)30)12-13-33-20-10-3-1-8-18(20)24(31)32/h1-11,14,22H,12-13,15H2,(H,31,32). The molecule has 0 aromatic heterocycles. The second-order valence-corrected chi connectivity index (χ2v) is 7.64. The number of rotatable bonds is 7. The van der Waals surface area contributed by atoms with Crippen LogP contribution in [0.2, 0.25) is 0 Å². The van der Waals surface area contributed by atoms with Crippen LogP contribution in [0.15, 0.2) is 72.8 Å². The number of para-hydroxylation sites is 3. The molecule has 1 heterocycles. The molecule has 3 aromatic rings. The van der Waals surface area contributed by atoms with Crippen LogP contribution in [0.3, 0.4) is 0 Å². The first-order valence-corrected chi connectivity index (χ1v) is 10.4. The minimum Gasteiger partial charge on any atom is -0.493 e. The number of carbonyl (C=O) groups is 2. The molecule has 176 valence electrons. The second-order valence-electron chi connectivity index (χ2n) is 7.64. The van der Waals surface area contributed by atoms with E-state index in [1.807, 2.05) is 0 Å². The zero-order valence-electron chi connectivity index (χ0n) is 17.8. The predicted octanol–water partition coefficient (Wildman–Crippen LogP) is 5.17. The van der Waals surface area contributed by atoms with Crippen molar-refractivity contribution in [2.75, 3.05) is 11.5 Å². The van der Waals surface area contributed by atoms with Gasteiger partial charge >= 0.3 is 12.1 Å². The van der Waals surface area contributed by atoms with Gasteiger partial charge in [-0.2, -0.15) is 13.2 Å². The van der Waals surface area contributed by atoms with Crippen molar-refractivity contribution in [2.24, 2.45) is 0 Å². The van der Waals surface area contributed by atoms with Gasteiger partial charge in [0.25, 0.3) is 5.91 Å². The summed E-state index contributed by atoms with van der Waals surface area (Å²) < 4.78 is 50.8. The van der Waals surface area contributed by atoms with E-state index in [0.29, 0.717) is 17.0 Å². The number of carboxylic acid groups (broad SMARTS) is 1. The number of benzene rings is 3. The number of carbonyl (C=O) groups excluding carboxylic acids is 1. The number of fused-ring (bicyclic) bond motifs is 1. The minimum atomic E-state index is -4.49. The highest BCUT2D eigenvalue weighted by molar-refractivity contribution is 6.00. The normalized spacial score (nSPS) is 15.4. The van der Waals surface area contributed by atoms with E-state index in [-0.39, 0.29) is 30.9 Å². The highest BCUT2D eigenvalue weighted by Crippen LogP contribution is 2.36. The van der Waals surface area contributed by atoms with Gasteiger partial charge in [-0.1, -0.05) is 36.4 Å². The van der Waals surface area contributed by atoms with Gasteiger partial charge in [-0.25, -0.2) is 4.79 Å². The number of ether oxygens (including phenoxy) is 2. The molecule has 0 spiro atoms. The summed E-state index contributed by atoms with van der Waals surface area (Å²) in [5.74, 6) is -0.975. The SMILES string of the molecule is O=C(O)c1ccccc1OCCC1Oc2ccccc2N(Cc2cccc(C(F)(F)F)c2)C1=O. The Bertz CT molecular complexity index is 1210. The van der Waals surface area contributed by atoms with Crippen molar-refractivity contribution in [1.29, 1.82) is 0 Å². The van der Waals surface area contributed by atoms with Crippen LogP contribution in [0, 0.1) is 0 Å². The summed E-state index contributed by atoms with van der Waals surface area (Å²) in [6.07, 6.45) is -5.33. The Labute approximate surface area is 193 Å². The van der Waals surface area contributed by atoms with Gasteiger partial charge in [-0.15, -0.1) is 0 Å². The Morgan fingerprint density at radius 3 is 2.53 bits per heavy atom. The molecule has 9 heteroatoms. The van der Waals surface area contributed by atoms with Gasteiger partial charge in [0, 0.05) is 6.42 Å². The quantitative estimate of drug-likeness (QED) is 0.515. The molecule has 0 saturated heterocycles. The molecule has 4 rings (SSSR count). The lowest BCUT2D eigenvalue weighted by Gasteiger charge is -2.34. The Balaban J connectivity index is 1.52. The summed E-state index contributed by atoms with van der Waals surface area (Å²) in [6.45, 7) is -0.0669. The molecule has 1 aliphatic rings. The van der Waals surface area contributed by atoms with Gasteiger partial charge in [0.15, 0.2) is 6.10 Å². The van der Waals surface area contributed by atoms with E-state index in [0.717, 1.165) is 12.1 Å². The van der Waals surface area contributed by atoms with Gasteiger partial charge in [0.1, 0.15) is 17.1 Å². The number of amides is 1. The lowest BCUT2D eigenvalue weighted by atomic mass is 10.1. The van der Waals surface area contributed by atoms with Crippen LogP contribution in [0.4, 0.5) is 18.9 Å². The van der Waals surface area contributed by atoms with Crippen molar-refractivity contribution in [2.45, 2.75) is 25.2 Å². The molecule has 1 amide bonds. The summed E-state index contributed by atoms with van der Waals surface area (Å²) >= 11 is 0. The van der Waals surface area contributed by atoms with Crippen molar-refractivity contribution >= 4 is 17.6 Å². The van der Waals surface area contributed by atoms with Crippen LogP contribution in [0.25, 0.3) is 0 Å². The monoisotopic (exact) mass is 471 g/mol. The molecule has 0 fully saturated rings. The van der Waals surface area contributed by atoms with Crippen molar-refractivity contribution in [3.8, 4) is 11.5 Å². The molecule has 34 heavy (non-hydrogen) atoms. The number of carboxylic acids is 1. The fourth-order valence-corrected chi connectivity index (χ4v) is 3.70. The Hall–Kier alpha value is -4.01. The number of hydrogen-bond donors (Lipinski definition) is 1. The van der Waals surface area contributed by atoms with E-state index < -0.39 is 29.7 Å². The van der Waals surface area contributed by atoms with Gasteiger partial charge in [-0.3, -0.25) is 4.79 Å². The highest BCUT2D eigenvalue weighted by Gasteiger charge is 2.35. The number of aromatic carboxylic acids is 1. The van der Waals surface area contributed by atoms with Crippen molar-refractivity contribution < 1.29 is 37.3 Å². The van der Waals surface area contributed by atoms with Crippen LogP contribution in [0.1, 0.15) is 27.9 Å². The average molecular weight is 471 g/mol. The Kier molecular flexibility index (Phi) is 6.45. The van der Waals surface area contributed by atoms with Crippen molar-refractivity contribution in [3.63, 3.8) is 0 Å². The topological polar surface area (TPSA) is 76.1 Å². The van der Waals surface area contributed by atoms with E-state index in [1.54, 1.807) is 36.4 Å². The van der Waals surface area contributed by atoms with Crippen molar-refractivity contribution in [3.05, 3.63) is 89.5 Å². The molecule has 3 aromatic carbocycles. The average Bonchev–Trinajstić information content (AvgIpc) is 2.81. The molecular formula is C25H20F3NO5. The molecule has 1 aliphatic heterocycles. The maximum absolute atomic E-state index is 13.2. The largest absolute Gasteiger partial charge is 0.493 e. The summed E-state index contributed by atoms with van der Waals surface area (Å²) in [7, 11) is 0. The molecular weight excluding hydrogens is 451 g/mol. The fraction of sp³-hybridized carbons (Fsp3) is 0.200. The third-order valence-electron chi connectivity index (χ3n) is 5.32. The number of alkyl halides is 3. The molecule has 0 saturated carbocycles. The van der Waals surface area contributed by atoms with Crippen LogP contribution in [-0.2, 0) is 17.5 Å². The number of nitrogens with zero attached hydrogens (tertiary/aromatic N) is 1. The summed E-state index contributed by atoms with van der Waals surface area (Å²) in [5.41, 5.74) is -0.0143. The van der Waals surface area contributed by atoms with Gasteiger partial charge in [0.05, 0.1) is 24.4 Å². The summed E-state index contributed by atoms with van der Waals surface area (Å²) in [6, 6.07) is 17.8. The van der Waals surface area contributed by atoms with Gasteiger partial charge in [0.2, 0.25) is 0 Å². The maximum Gasteiger partial charge on any atom is 0.416 e. The van der Waals surface area contributed by atoms with E-state index >= 15 is 0 Å². The highest BCUT2D eigenvalue weighted by atomic mass is 19.4. The Morgan fingerprint density at radius 2 is 1.76 bits per heavy atom.